The van der Waals surface area contributed by atoms with Crippen LogP contribution in [0.3, 0.4) is 0 Å². The molecule has 2 aromatic carbocycles. The van der Waals surface area contributed by atoms with Crippen LogP contribution in [-0.4, -0.2) is 66.9 Å². The van der Waals surface area contributed by atoms with Crippen LogP contribution in [0.4, 0.5) is 0 Å². The first-order valence-electron chi connectivity index (χ1n) is 12.5. The Morgan fingerprint density at radius 1 is 0.886 bits per heavy atom. The van der Waals surface area contributed by atoms with Gasteiger partial charge in [-0.1, -0.05) is 66.3 Å². The predicted molar refractivity (Wildman–Crippen MR) is 140 cm³/mol. The van der Waals surface area contributed by atoms with Crippen LogP contribution < -0.4 is 5.32 Å². The van der Waals surface area contributed by atoms with Gasteiger partial charge in [0.1, 0.15) is 0 Å². The normalized spacial score (nSPS) is 18.2. The van der Waals surface area contributed by atoms with E-state index in [1.54, 1.807) is 4.90 Å². The third kappa shape index (κ3) is 5.55. The maximum absolute atomic E-state index is 12.5. The summed E-state index contributed by atoms with van der Waals surface area (Å²) in [5.41, 5.74) is 8.17. The number of amides is 2. The zero-order chi connectivity index (χ0) is 23.3. The molecule has 184 valence electrons. The van der Waals surface area contributed by atoms with Gasteiger partial charge in [0, 0.05) is 45.2 Å². The fourth-order valence-corrected chi connectivity index (χ4v) is 5.49. The number of hydrogen-bond donors (Lipinski definition) is 1. The van der Waals surface area contributed by atoms with E-state index in [4.69, 9.17) is 0 Å². The summed E-state index contributed by atoms with van der Waals surface area (Å²) in [5, 5.41) is 3.13. The summed E-state index contributed by atoms with van der Waals surface area (Å²) in [6.07, 6.45) is 9.00. The summed E-state index contributed by atoms with van der Waals surface area (Å²) in [4.78, 5) is 27.6. The number of fused-ring (bicyclic) bond motifs is 2. The fraction of sp³-hybridized carbons (Fsp3) is 0.379. The predicted octanol–water partition coefficient (Wildman–Crippen LogP) is 3.23. The highest BCUT2D eigenvalue weighted by atomic mass is 16.2. The molecule has 0 aromatic heterocycles. The van der Waals surface area contributed by atoms with Crippen molar-refractivity contribution in [2.45, 2.75) is 25.7 Å². The quantitative estimate of drug-likeness (QED) is 0.578. The van der Waals surface area contributed by atoms with E-state index in [2.05, 4.69) is 70.9 Å². The Kier molecular flexibility index (Phi) is 8.16. The number of piperidine rings is 2. The molecule has 6 nitrogen and oxygen atoms in total. The molecule has 2 aliphatic heterocycles. The van der Waals surface area contributed by atoms with Crippen molar-refractivity contribution in [2.75, 3.05) is 39.3 Å². The van der Waals surface area contributed by atoms with Crippen LogP contribution in [-0.2, 0) is 9.59 Å². The fourth-order valence-electron chi connectivity index (χ4n) is 5.49. The first-order chi connectivity index (χ1) is 16.7. The molecule has 1 aliphatic carbocycles. The molecule has 35 heavy (non-hydrogen) atoms. The second-order valence-corrected chi connectivity index (χ2v) is 9.53. The average Bonchev–Trinajstić information content (AvgIpc) is 3.06. The number of carbonyl (C=O) groups excluding carboxylic acids is 2. The molecule has 0 bridgehead atoms. The molecular formula is C29H35N3O3. The number of hydrogen-bond acceptors (Lipinski definition) is 3. The van der Waals surface area contributed by atoms with Gasteiger partial charge < -0.3 is 20.6 Å². The van der Waals surface area contributed by atoms with Crippen LogP contribution in [0.25, 0.3) is 17.7 Å². The number of carbonyl (C=O) groups is 2. The first kappa shape index (κ1) is 24.9. The molecule has 0 spiro atoms. The zero-order valence-corrected chi connectivity index (χ0v) is 20.2. The summed E-state index contributed by atoms with van der Waals surface area (Å²) >= 11 is 0. The van der Waals surface area contributed by atoms with Gasteiger partial charge in [-0.25, -0.2) is 0 Å². The smallest absolute Gasteiger partial charge is 0.223 e. The SMILES string of the molecule is O.O=CN1CCC(C(=O)NCCN2CCC(=C3c4ccccc4C=Cc4ccccc43)CC2)CC1. The van der Waals surface area contributed by atoms with Crippen molar-refractivity contribution in [2.24, 2.45) is 5.92 Å². The number of rotatable bonds is 5. The third-order valence-electron chi connectivity index (χ3n) is 7.49. The molecule has 0 unspecified atom stereocenters. The van der Waals surface area contributed by atoms with Gasteiger partial charge in [-0.05, 0) is 53.5 Å². The topological polar surface area (TPSA) is 84.1 Å². The zero-order valence-electron chi connectivity index (χ0n) is 20.2. The summed E-state index contributed by atoms with van der Waals surface area (Å²) in [7, 11) is 0. The Morgan fingerprint density at radius 2 is 1.46 bits per heavy atom. The first-order valence-corrected chi connectivity index (χ1v) is 12.5. The van der Waals surface area contributed by atoms with E-state index in [0.29, 0.717) is 19.6 Å². The van der Waals surface area contributed by atoms with Gasteiger partial charge in [0.15, 0.2) is 0 Å². The number of benzene rings is 2. The lowest BCUT2D eigenvalue weighted by atomic mass is 9.86. The van der Waals surface area contributed by atoms with Crippen LogP contribution in [0.5, 0.6) is 0 Å². The largest absolute Gasteiger partial charge is 0.412 e. The Hall–Kier alpha value is -3.22. The lowest BCUT2D eigenvalue weighted by molar-refractivity contribution is -0.128. The molecular weight excluding hydrogens is 438 g/mol. The van der Waals surface area contributed by atoms with Crippen molar-refractivity contribution in [3.63, 3.8) is 0 Å². The Bertz CT molecular complexity index is 1050. The van der Waals surface area contributed by atoms with Crippen molar-refractivity contribution < 1.29 is 15.1 Å². The maximum Gasteiger partial charge on any atom is 0.223 e. The van der Waals surface area contributed by atoms with E-state index in [9.17, 15) is 9.59 Å². The van der Waals surface area contributed by atoms with E-state index in [1.807, 2.05) is 0 Å². The lowest BCUT2D eigenvalue weighted by Gasteiger charge is -2.31. The Morgan fingerprint density at radius 3 is 2.03 bits per heavy atom. The standard InChI is InChI=1S/C29H33N3O2.H2O/c33-21-32-18-13-25(14-19-32)29(34)30-15-20-31-16-11-24(12-17-31)28-26-7-3-1-5-22(26)9-10-23-6-2-4-8-27(23)28;/h1-10,21,25H,11-20H2,(H,30,34);1H2. The van der Waals surface area contributed by atoms with E-state index in [0.717, 1.165) is 51.7 Å². The van der Waals surface area contributed by atoms with Crippen LogP contribution in [0.2, 0.25) is 0 Å². The summed E-state index contributed by atoms with van der Waals surface area (Å²) in [5.74, 6) is 0.183. The Balaban J connectivity index is 0.00000289. The minimum atomic E-state index is 0. The second kappa shape index (κ2) is 11.5. The van der Waals surface area contributed by atoms with Crippen molar-refractivity contribution in [3.05, 3.63) is 76.4 Å². The molecule has 2 saturated heterocycles. The lowest BCUT2D eigenvalue weighted by Crippen LogP contribution is -2.43. The molecule has 2 fully saturated rings. The van der Waals surface area contributed by atoms with Gasteiger partial charge >= 0.3 is 0 Å². The average molecular weight is 474 g/mol. The van der Waals surface area contributed by atoms with Crippen molar-refractivity contribution in [1.29, 1.82) is 0 Å². The highest BCUT2D eigenvalue weighted by molar-refractivity contribution is 5.94. The molecule has 0 atom stereocenters. The van der Waals surface area contributed by atoms with Crippen molar-refractivity contribution in [3.8, 4) is 0 Å². The number of nitrogens with one attached hydrogen (secondary N) is 1. The summed E-state index contributed by atoms with van der Waals surface area (Å²) < 4.78 is 0. The highest BCUT2D eigenvalue weighted by Crippen LogP contribution is 2.38. The number of nitrogens with zero attached hydrogens (tertiary/aromatic N) is 2. The highest BCUT2D eigenvalue weighted by Gasteiger charge is 2.25. The van der Waals surface area contributed by atoms with Crippen LogP contribution >= 0.6 is 0 Å². The van der Waals surface area contributed by atoms with Gasteiger partial charge in [-0.3, -0.25) is 9.59 Å². The molecule has 2 aromatic rings. The second-order valence-electron chi connectivity index (χ2n) is 9.53. The molecule has 6 heteroatoms. The molecule has 2 amide bonds. The monoisotopic (exact) mass is 473 g/mol. The molecule has 5 rings (SSSR count). The maximum atomic E-state index is 12.5. The molecule has 2 heterocycles. The van der Waals surface area contributed by atoms with E-state index in [-0.39, 0.29) is 17.3 Å². The van der Waals surface area contributed by atoms with E-state index < -0.39 is 0 Å². The van der Waals surface area contributed by atoms with Gasteiger partial charge in [-0.15, -0.1) is 0 Å². The van der Waals surface area contributed by atoms with Crippen LogP contribution in [0.15, 0.2) is 54.1 Å². The van der Waals surface area contributed by atoms with E-state index >= 15 is 0 Å². The molecule has 3 N–H and O–H groups in total. The minimum Gasteiger partial charge on any atom is -0.412 e. The van der Waals surface area contributed by atoms with Gasteiger partial charge in [0.05, 0.1) is 0 Å². The minimum absolute atomic E-state index is 0. The van der Waals surface area contributed by atoms with Gasteiger partial charge in [-0.2, -0.15) is 0 Å². The van der Waals surface area contributed by atoms with Gasteiger partial charge in [0.2, 0.25) is 12.3 Å². The van der Waals surface area contributed by atoms with Crippen LogP contribution in [0.1, 0.15) is 47.9 Å². The van der Waals surface area contributed by atoms with E-state index in [1.165, 1.54) is 33.4 Å². The summed E-state index contributed by atoms with van der Waals surface area (Å²) in [6, 6.07) is 17.4. The number of likely N-dealkylation sites (tertiary alicyclic amines) is 2. The van der Waals surface area contributed by atoms with Crippen LogP contribution in [0, 0.1) is 5.92 Å². The van der Waals surface area contributed by atoms with Crippen molar-refractivity contribution in [1.82, 2.24) is 15.1 Å². The van der Waals surface area contributed by atoms with Gasteiger partial charge in [0.25, 0.3) is 0 Å². The van der Waals surface area contributed by atoms with Crippen molar-refractivity contribution >= 4 is 30.0 Å². The molecule has 3 aliphatic rings. The molecule has 0 radical (unpaired) electrons. The third-order valence-corrected chi connectivity index (χ3v) is 7.49. The molecule has 0 saturated carbocycles. The summed E-state index contributed by atoms with van der Waals surface area (Å²) in [6.45, 7) is 4.98. The Labute approximate surface area is 207 Å².